The molecule has 1 aromatic carbocycles. The lowest BCUT2D eigenvalue weighted by atomic mass is 10.1. The first-order chi connectivity index (χ1) is 10.2. The third-order valence-electron chi connectivity index (χ3n) is 3.43. The van der Waals surface area contributed by atoms with Gasteiger partial charge in [-0.3, -0.25) is 0 Å². The van der Waals surface area contributed by atoms with Gasteiger partial charge in [-0.2, -0.15) is 0 Å². The minimum atomic E-state index is 0.227. The molecule has 2 N–H and O–H groups in total. The molecule has 0 bridgehead atoms. The van der Waals surface area contributed by atoms with Crippen LogP contribution in [-0.4, -0.2) is 17.8 Å². The second-order valence-corrected chi connectivity index (χ2v) is 5.10. The molecule has 0 aliphatic heterocycles. The molecule has 0 fully saturated rings. The lowest BCUT2D eigenvalue weighted by Gasteiger charge is -2.15. The van der Waals surface area contributed by atoms with Gasteiger partial charge in [-0.15, -0.1) is 0 Å². The fraction of sp³-hybridized carbons (Fsp3) is 0.412. The second kappa shape index (κ2) is 7.74. The molecule has 114 valence electrons. The summed E-state index contributed by atoms with van der Waals surface area (Å²) >= 11 is 0. The number of benzene rings is 1. The fourth-order valence-corrected chi connectivity index (χ4v) is 2.18. The normalized spacial score (nSPS) is 12.3. The summed E-state index contributed by atoms with van der Waals surface area (Å²) in [5, 5.41) is 13.5. The van der Waals surface area contributed by atoms with Crippen molar-refractivity contribution in [3.63, 3.8) is 0 Å². The smallest absolute Gasteiger partial charge is 0.162 e. The Hall–Kier alpha value is -1.94. The van der Waals surface area contributed by atoms with E-state index in [1.165, 1.54) is 0 Å². The second-order valence-electron chi connectivity index (χ2n) is 5.10. The summed E-state index contributed by atoms with van der Waals surface area (Å²) in [5.74, 6) is 1.77. The van der Waals surface area contributed by atoms with Crippen molar-refractivity contribution in [3.8, 4) is 11.5 Å². The van der Waals surface area contributed by atoms with Crippen LogP contribution in [0.2, 0.25) is 0 Å². The molecule has 2 rings (SSSR count). The number of hydrogen-bond donors (Lipinski definition) is 2. The molecule has 1 heterocycles. The zero-order valence-electron chi connectivity index (χ0n) is 12.6. The standard InChI is InChI=1S/C17H23NO3/c1-3-20-16-8-4-6-14(17(16)19)12-18-13(2)9-10-15-7-5-11-21-15/h4-8,11,13,18-19H,3,9-10,12H2,1-2H3. The number of para-hydroxylation sites is 1. The van der Waals surface area contributed by atoms with Crippen molar-refractivity contribution in [1.82, 2.24) is 5.32 Å². The van der Waals surface area contributed by atoms with Crippen molar-refractivity contribution in [2.24, 2.45) is 0 Å². The zero-order valence-corrected chi connectivity index (χ0v) is 12.6. The van der Waals surface area contributed by atoms with Crippen LogP contribution < -0.4 is 10.1 Å². The average Bonchev–Trinajstić information content (AvgIpc) is 2.99. The molecule has 0 aliphatic carbocycles. The number of furan rings is 1. The van der Waals surface area contributed by atoms with E-state index in [1.807, 2.05) is 31.2 Å². The van der Waals surface area contributed by atoms with Gasteiger partial charge in [-0.05, 0) is 38.5 Å². The van der Waals surface area contributed by atoms with E-state index in [9.17, 15) is 5.11 Å². The Morgan fingerprint density at radius 3 is 2.86 bits per heavy atom. The first kappa shape index (κ1) is 15.4. The Balaban J connectivity index is 1.83. The highest BCUT2D eigenvalue weighted by atomic mass is 16.5. The van der Waals surface area contributed by atoms with Crippen LogP contribution in [0.15, 0.2) is 41.0 Å². The number of nitrogens with one attached hydrogen (secondary N) is 1. The average molecular weight is 289 g/mol. The summed E-state index contributed by atoms with van der Waals surface area (Å²) in [6.07, 6.45) is 3.59. The molecule has 0 saturated carbocycles. The van der Waals surface area contributed by atoms with Gasteiger partial charge in [0.15, 0.2) is 11.5 Å². The summed E-state index contributed by atoms with van der Waals surface area (Å²) in [7, 11) is 0. The van der Waals surface area contributed by atoms with Crippen molar-refractivity contribution in [2.75, 3.05) is 6.61 Å². The maximum atomic E-state index is 10.1. The molecule has 4 nitrogen and oxygen atoms in total. The first-order valence-electron chi connectivity index (χ1n) is 7.40. The van der Waals surface area contributed by atoms with Gasteiger partial charge in [0.05, 0.1) is 12.9 Å². The number of aromatic hydroxyl groups is 1. The van der Waals surface area contributed by atoms with E-state index in [1.54, 1.807) is 12.3 Å². The zero-order chi connectivity index (χ0) is 15.1. The van der Waals surface area contributed by atoms with Crippen molar-refractivity contribution in [2.45, 2.75) is 39.3 Å². The molecular formula is C17H23NO3. The Morgan fingerprint density at radius 1 is 1.29 bits per heavy atom. The van der Waals surface area contributed by atoms with E-state index in [0.29, 0.717) is 24.9 Å². The predicted octanol–water partition coefficient (Wildman–Crippen LogP) is 3.49. The number of aryl methyl sites for hydroxylation is 1. The van der Waals surface area contributed by atoms with E-state index in [-0.39, 0.29) is 5.75 Å². The van der Waals surface area contributed by atoms with Crippen molar-refractivity contribution >= 4 is 0 Å². The third-order valence-corrected chi connectivity index (χ3v) is 3.43. The minimum Gasteiger partial charge on any atom is -0.504 e. The van der Waals surface area contributed by atoms with E-state index in [2.05, 4.69) is 12.2 Å². The van der Waals surface area contributed by atoms with E-state index in [0.717, 1.165) is 24.2 Å². The van der Waals surface area contributed by atoms with Crippen LogP contribution in [0.4, 0.5) is 0 Å². The summed E-state index contributed by atoms with van der Waals surface area (Å²) in [6.45, 7) is 5.20. The molecule has 0 amide bonds. The molecule has 0 aliphatic rings. The molecule has 4 heteroatoms. The maximum Gasteiger partial charge on any atom is 0.162 e. The van der Waals surface area contributed by atoms with E-state index >= 15 is 0 Å². The van der Waals surface area contributed by atoms with E-state index in [4.69, 9.17) is 9.15 Å². The van der Waals surface area contributed by atoms with Gasteiger partial charge in [-0.25, -0.2) is 0 Å². The number of rotatable bonds is 8. The molecule has 2 aromatic rings. The van der Waals surface area contributed by atoms with Crippen LogP contribution in [0.25, 0.3) is 0 Å². The molecule has 0 spiro atoms. The van der Waals surface area contributed by atoms with Gasteiger partial charge >= 0.3 is 0 Å². The lowest BCUT2D eigenvalue weighted by Crippen LogP contribution is -2.26. The van der Waals surface area contributed by atoms with Gasteiger partial charge in [0.25, 0.3) is 0 Å². The summed E-state index contributed by atoms with van der Waals surface area (Å²) in [4.78, 5) is 0. The molecule has 1 atom stereocenters. The molecule has 0 saturated heterocycles. The minimum absolute atomic E-state index is 0.227. The van der Waals surface area contributed by atoms with Crippen LogP contribution in [-0.2, 0) is 13.0 Å². The Kier molecular flexibility index (Phi) is 5.69. The van der Waals surface area contributed by atoms with Crippen molar-refractivity contribution in [1.29, 1.82) is 0 Å². The Morgan fingerprint density at radius 2 is 2.14 bits per heavy atom. The van der Waals surface area contributed by atoms with Crippen molar-refractivity contribution in [3.05, 3.63) is 47.9 Å². The molecule has 0 radical (unpaired) electrons. The Bertz CT molecular complexity index is 537. The quantitative estimate of drug-likeness (QED) is 0.781. The largest absolute Gasteiger partial charge is 0.504 e. The van der Waals surface area contributed by atoms with E-state index < -0.39 is 0 Å². The number of ether oxygens (including phenoxy) is 1. The first-order valence-corrected chi connectivity index (χ1v) is 7.40. The highest BCUT2D eigenvalue weighted by Crippen LogP contribution is 2.29. The lowest BCUT2D eigenvalue weighted by molar-refractivity contribution is 0.316. The monoisotopic (exact) mass is 289 g/mol. The van der Waals surface area contributed by atoms with Crippen molar-refractivity contribution < 1.29 is 14.3 Å². The number of phenolic OH excluding ortho intramolecular Hbond substituents is 1. The molecular weight excluding hydrogens is 266 g/mol. The fourth-order valence-electron chi connectivity index (χ4n) is 2.18. The maximum absolute atomic E-state index is 10.1. The van der Waals surface area contributed by atoms with Gasteiger partial charge in [0.1, 0.15) is 5.76 Å². The molecule has 1 aromatic heterocycles. The van der Waals surface area contributed by atoms with Crippen LogP contribution in [0.1, 0.15) is 31.6 Å². The summed E-state index contributed by atoms with van der Waals surface area (Å²) < 4.78 is 10.7. The van der Waals surface area contributed by atoms with Crippen LogP contribution in [0.3, 0.4) is 0 Å². The van der Waals surface area contributed by atoms with Gasteiger partial charge in [-0.1, -0.05) is 12.1 Å². The van der Waals surface area contributed by atoms with Gasteiger partial charge in [0, 0.05) is 24.6 Å². The number of hydrogen-bond acceptors (Lipinski definition) is 4. The predicted molar refractivity (Wildman–Crippen MR) is 82.6 cm³/mol. The number of phenols is 1. The van der Waals surface area contributed by atoms with Crippen LogP contribution in [0, 0.1) is 0 Å². The third kappa shape index (κ3) is 4.53. The van der Waals surface area contributed by atoms with Gasteiger partial charge < -0.3 is 19.6 Å². The molecule has 21 heavy (non-hydrogen) atoms. The van der Waals surface area contributed by atoms with Crippen LogP contribution in [0.5, 0.6) is 11.5 Å². The summed E-state index contributed by atoms with van der Waals surface area (Å²) in [5.41, 5.74) is 0.853. The highest BCUT2D eigenvalue weighted by molar-refractivity contribution is 5.45. The van der Waals surface area contributed by atoms with Gasteiger partial charge in [0.2, 0.25) is 0 Å². The molecule has 1 unspecified atom stereocenters. The SMILES string of the molecule is CCOc1cccc(CNC(C)CCc2ccco2)c1O. The Labute approximate surface area is 125 Å². The summed E-state index contributed by atoms with van der Waals surface area (Å²) in [6, 6.07) is 9.82. The van der Waals surface area contributed by atoms with Crippen LogP contribution >= 0.6 is 0 Å². The highest BCUT2D eigenvalue weighted by Gasteiger charge is 2.09. The topological polar surface area (TPSA) is 54.6 Å².